The SMILES string of the molecule is COc1ccccc1C(=O)N1CCCN(C(=O)CCCc2nc3ccccc3c(=O)[nH]2)CC1. The lowest BCUT2D eigenvalue weighted by Gasteiger charge is -2.23. The van der Waals surface area contributed by atoms with E-state index in [0.29, 0.717) is 73.5 Å². The van der Waals surface area contributed by atoms with Crippen LogP contribution in [0, 0.1) is 0 Å². The highest BCUT2D eigenvalue weighted by atomic mass is 16.5. The number of methoxy groups -OCH3 is 1. The molecule has 8 heteroatoms. The van der Waals surface area contributed by atoms with E-state index >= 15 is 0 Å². The first-order valence-electron chi connectivity index (χ1n) is 11.2. The molecule has 4 rings (SSSR count). The highest BCUT2D eigenvalue weighted by Crippen LogP contribution is 2.20. The van der Waals surface area contributed by atoms with E-state index < -0.39 is 0 Å². The zero-order valence-electron chi connectivity index (χ0n) is 18.8. The molecule has 2 heterocycles. The van der Waals surface area contributed by atoms with E-state index in [1.807, 2.05) is 35.2 Å². The molecule has 1 N–H and O–H groups in total. The number of amides is 2. The van der Waals surface area contributed by atoms with Gasteiger partial charge in [-0.05, 0) is 37.1 Å². The Bertz CT molecular complexity index is 1210. The molecule has 2 aromatic carbocycles. The maximum Gasteiger partial charge on any atom is 0.258 e. The molecular weight excluding hydrogens is 420 g/mol. The second-order valence-electron chi connectivity index (χ2n) is 8.11. The zero-order chi connectivity index (χ0) is 23.2. The third kappa shape index (κ3) is 5.22. The normalized spacial score (nSPS) is 14.2. The number of carbonyl (C=O) groups is 2. The molecular formula is C25H28N4O4. The van der Waals surface area contributed by atoms with Gasteiger partial charge in [0.15, 0.2) is 0 Å². The first kappa shape index (κ1) is 22.5. The average molecular weight is 449 g/mol. The summed E-state index contributed by atoms with van der Waals surface area (Å²) in [5.41, 5.74) is 1.04. The summed E-state index contributed by atoms with van der Waals surface area (Å²) in [7, 11) is 1.55. The number of fused-ring (bicyclic) bond motifs is 1. The lowest BCUT2D eigenvalue weighted by molar-refractivity contribution is -0.131. The van der Waals surface area contributed by atoms with Crippen molar-refractivity contribution in [3.8, 4) is 5.75 Å². The van der Waals surface area contributed by atoms with Crippen molar-refractivity contribution in [2.24, 2.45) is 0 Å². The molecule has 0 atom stereocenters. The Kier molecular flexibility index (Phi) is 7.02. The van der Waals surface area contributed by atoms with Gasteiger partial charge in [-0.15, -0.1) is 0 Å². The van der Waals surface area contributed by atoms with Crippen molar-refractivity contribution in [3.05, 3.63) is 70.3 Å². The standard InChI is InChI=1S/C25H28N4O4/c1-33-21-11-5-3-9-19(21)25(32)29-15-7-14-28(16-17-29)23(30)13-6-12-22-26-20-10-4-2-8-18(20)24(31)27-22/h2-5,8-11H,6-7,12-17H2,1H3,(H,26,27,31). The summed E-state index contributed by atoms with van der Waals surface area (Å²) in [6.45, 7) is 2.22. The van der Waals surface area contributed by atoms with E-state index in [0.717, 1.165) is 6.42 Å². The minimum absolute atomic E-state index is 0.0599. The Morgan fingerprint density at radius 2 is 1.73 bits per heavy atom. The van der Waals surface area contributed by atoms with E-state index in [4.69, 9.17) is 4.74 Å². The van der Waals surface area contributed by atoms with Crippen LogP contribution < -0.4 is 10.3 Å². The minimum Gasteiger partial charge on any atom is -0.496 e. The summed E-state index contributed by atoms with van der Waals surface area (Å²) in [5.74, 6) is 1.13. The molecule has 1 aliphatic heterocycles. The third-order valence-corrected chi connectivity index (χ3v) is 5.94. The summed E-state index contributed by atoms with van der Waals surface area (Å²) in [6, 6.07) is 14.4. The predicted octanol–water partition coefficient (Wildman–Crippen LogP) is 2.63. The quantitative estimate of drug-likeness (QED) is 0.626. The number of aryl methyl sites for hydroxylation is 1. The Morgan fingerprint density at radius 1 is 1.00 bits per heavy atom. The second-order valence-corrected chi connectivity index (χ2v) is 8.11. The lowest BCUT2D eigenvalue weighted by Crippen LogP contribution is -2.37. The van der Waals surface area contributed by atoms with Gasteiger partial charge in [0.05, 0.1) is 23.6 Å². The monoisotopic (exact) mass is 448 g/mol. The minimum atomic E-state index is -0.158. The largest absolute Gasteiger partial charge is 0.496 e. The van der Waals surface area contributed by atoms with E-state index in [1.165, 1.54) is 0 Å². The van der Waals surface area contributed by atoms with Crippen molar-refractivity contribution >= 4 is 22.7 Å². The van der Waals surface area contributed by atoms with E-state index in [9.17, 15) is 14.4 Å². The highest BCUT2D eigenvalue weighted by Gasteiger charge is 2.24. The van der Waals surface area contributed by atoms with Gasteiger partial charge < -0.3 is 19.5 Å². The van der Waals surface area contributed by atoms with Crippen molar-refractivity contribution in [2.45, 2.75) is 25.7 Å². The molecule has 0 aliphatic carbocycles. The van der Waals surface area contributed by atoms with Crippen LogP contribution in [-0.2, 0) is 11.2 Å². The number of aromatic amines is 1. The number of ether oxygens (including phenoxy) is 1. The molecule has 0 saturated carbocycles. The molecule has 33 heavy (non-hydrogen) atoms. The highest BCUT2D eigenvalue weighted by molar-refractivity contribution is 5.97. The van der Waals surface area contributed by atoms with Gasteiger partial charge in [-0.3, -0.25) is 14.4 Å². The average Bonchev–Trinajstić information content (AvgIpc) is 3.10. The smallest absolute Gasteiger partial charge is 0.258 e. The topological polar surface area (TPSA) is 95.6 Å². The number of aromatic nitrogens is 2. The van der Waals surface area contributed by atoms with Gasteiger partial charge in [-0.2, -0.15) is 0 Å². The van der Waals surface area contributed by atoms with Crippen LogP contribution in [0.1, 0.15) is 35.4 Å². The number of carbonyl (C=O) groups excluding carboxylic acids is 2. The maximum atomic E-state index is 13.0. The number of nitrogens with zero attached hydrogens (tertiary/aromatic N) is 3. The Hall–Kier alpha value is -3.68. The van der Waals surface area contributed by atoms with Crippen molar-refractivity contribution < 1.29 is 14.3 Å². The van der Waals surface area contributed by atoms with Crippen molar-refractivity contribution in [3.63, 3.8) is 0 Å². The van der Waals surface area contributed by atoms with Gasteiger partial charge in [-0.1, -0.05) is 24.3 Å². The summed E-state index contributed by atoms with van der Waals surface area (Å²) < 4.78 is 5.32. The maximum absolute atomic E-state index is 13.0. The Balaban J connectivity index is 1.31. The van der Waals surface area contributed by atoms with Gasteiger partial charge in [0.2, 0.25) is 5.91 Å². The number of H-pyrrole nitrogens is 1. The molecule has 1 saturated heterocycles. The van der Waals surface area contributed by atoms with Gasteiger partial charge in [0.25, 0.3) is 11.5 Å². The van der Waals surface area contributed by atoms with Crippen LogP contribution in [0.5, 0.6) is 5.75 Å². The van der Waals surface area contributed by atoms with E-state index in [2.05, 4.69) is 9.97 Å². The van der Waals surface area contributed by atoms with E-state index in [1.54, 1.807) is 30.2 Å². The first-order valence-corrected chi connectivity index (χ1v) is 11.2. The number of rotatable bonds is 6. The van der Waals surface area contributed by atoms with Crippen LogP contribution in [0.15, 0.2) is 53.3 Å². The Morgan fingerprint density at radius 3 is 2.58 bits per heavy atom. The molecule has 3 aromatic rings. The third-order valence-electron chi connectivity index (χ3n) is 5.94. The summed E-state index contributed by atoms with van der Waals surface area (Å²) in [4.78, 5) is 48.9. The van der Waals surface area contributed by atoms with Gasteiger partial charge in [0.1, 0.15) is 11.6 Å². The summed E-state index contributed by atoms with van der Waals surface area (Å²) in [6.07, 6.45) is 2.22. The van der Waals surface area contributed by atoms with Crippen LogP contribution in [-0.4, -0.2) is 64.9 Å². The molecule has 0 radical (unpaired) electrons. The molecule has 0 unspecified atom stereocenters. The molecule has 2 amide bonds. The molecule has 0 spiro atoms. The van der Waals surface area contributed by atoms with Gasteiger partial charge in [-0.25, -0.2) is 4.98 Å². The van der Waals surface area contributed by atoms with Crippen molar-refractivity contribution in [1.82, 2.24) is 19.8 Å². The van der Waals surface area contributed by atoms with Gasteiger partial charge >= 0.3 is 0 Å². The Labute approximate surface area is 192 Å². The van der Waals surface area contributed by atoms with Gasteiger partial charge in [0, 0.05) is 39.0 Å². The number of nitrogens with one attached hydrogen (secondary N) is 1. The van der Waals surface area contributed by atoms with Crippen LogP contribution in [0.3, 0.4) is 0 Å². The summed E-state index contributed by atoms with van der Waals surface area (Å²) in [5, 5.41) is 0.564. The first-order chi connectivity index (χ1) is 16.1. The number of hydrogen-bond acceptors (Lipinski definition) is 5. The molecule has 172 valence electrons. The van der Waals surface area contributed by atoms with Crippen LogP contribution in [0.4, 0.5) is 0 Å². The molecule has 8 nitrogen and oxygen atoms in total. The van der Waals surface area contributed by atoms with E-state index in [-0.39, 0.29) is 17.4 Å². The number of benzene rings is 2. The van der Waals surface area contributed by atoms with Crippen LogP contribution >= 0.6 is 0 Å². The van der Waals surface area contributed by atoms with Crippen LogP contribution in [0.2, 0.25) is 0 Å². The van der Waals surface area contributed by atoms with Crippen molar-refractivity contribution in [1.29, 1.82) is 0 Å². The fourth-order valence-corrected chi connectivity index (χ4v) is 4.18. The molecule has 1 aromatic heterocycles. The fourth-order valence-electron chi connectivity index (χ4n) is 4.18. The van der Waals surface area contributed by atoms with Crippen LogP contribution in [0.25, 0.3) is 10.9 Å². The fraction of sp³-hybridized carbons (Fsp3) is 0.360. The second kappa shape index (κ2) is 10.3. The lowest BCUT2D eigenvalue weighted by atomic mass is 10.1. The predicted molar refractivity (Wildman–Crippen MR) is 125 cm³/mol. The number of para-hydroxylation sites is 2. The molecule has 1 fully saturated rings. The van der Waals surface area contributed by atoms with Crippen molar-refractivity contribution in [2.75, 3.05) is 33.3 Å². The summed E-state index contributed by atoms with van der Waals surface area (Å²) >= 11 is 0. The number of hydrogen-bond donors (Lipinski definition) is 1. The zero-order valence-corrected chi connectivity index (χ0v) is 18.8. The molecule has 0 bridgehead atoms. The molecule has 1 aliphatic rings.